The maximum atomic E-state index is 13.8. The predicted octanol–water partition coefficient (Wildman–Crippen LogP) is 3.42. The lowest BCUT2D eigenvalue weighted by Crippen LogP contribution is -2.41. The second-order valence-electron chi connectivity index (χ2n) is 8.81. The van der Waals surface area contributed by atoms with E-state index in [0.29, 0.717) is 16.8 Å². The van der Waals surface area contributed by atoms with Crippen molar-refractivity contribution in [3.8, 4) is 5.69 Å². The van der Waals surface area contributed by atoms with Gasteiger partial charge in [0.25, 0.3) is 11.1 Å². The number of fused-ring (bicyclic) bond motifs is 2. The highest BCUT2D eigenvalue weighted by Gasteiger charge is 2.31. The minimum Gasteiger partial charge on any atom is -0.353 e. The van der Waals surface area contributed by atoms with E-state index >= 15 is 0 Å². The Morgan fingerprint density at radius 1 is 0.882 bits per heavy atom. The molecule has 0 spiro atoms. The first-order valence-corrected chi connectivity index (χ1v) is 11.2. The summed E-state index contributed by atoms with van der Waals surface area (Å²) in [5, 5.41) is 4.70. The molecule has 0 atom stereocenters. The van der Waals surface area contributed by atoms with Gasteiger partial charge in [-0.05, 0) is 37.1 Å². The second kappa shape index (κ2) is 7.34. The Bertz CT molecular complexity index is 1770. The van der Waals surface area contributed by atoms with Crippen molar-refractivity contribution in [2.24, 2.45) is 14.1 Å². The maximum absolute atomic E-state index is 13.8. The number of nitrogens with one attached hydrogen (secondary N) is 1. The van der Waals surface area contributed by atoms with E-state index in [2.05, 4.69) is 5.32 Å². The van der Waals surface area contributed by atoms with E-state index in [-0.39, 0.29) is 22.8 Å². The van der Waals surface area contributed by atoms with Crippen LogP contribution in [0.25, 0.3) is 27.6 Å². The third kappa shape index (κ3) is 2.95. The van der Waals surface area contributed by atoms with Gasteiger partial charge in [-0.25, -0.2) is 9.36 Å². The molecule has 3 aromatic heterocycles. The van der Waals surface area contributed by atoms with E-state index in [1.165, 1.54) is 19.8 Å². The molecule has 1 N–H and O–H groups in total. The summed E-state index contributed by atoms with van der Waals surface area (Å²) in [6.45, 7) is 0. The standard InChI is InChI=1S/C26H23N5O3/c1-28-14-13-16-7-6-10-19(23(16)28)27-20-15-21(32)29(2)24-22(20)25(33)31(18-11-12-18)26(34)30(24)17-8-4-3-5-9-17/h3-10,13-15,18,27H,11-12H2,1-2H3. The SMILES string of the molecule is Cn1ccc2cccc(Nc3cc(=O)n(C)c4c3c(=O)n(C3CC3)c(=O)n4-c3ccccc3)c21. The van der Waals surface area contributed by atoms with Crippen molar-refractivity contribution in [1.29, 1.82) is 0 Å². The largest absolute Gasteiger partial charge is 0.353 e. The van der Waals surface area contributed by atoms with Gasteiger partial charge in [0.1, 0.15) is 11.0 Å². The molecule has 1 saturated carbocycles. The quantitative estimate of drug-likeness (QED) is 0.452. The van der Waals surface area contributed by atoms with Crippen LogP contribution in [-0.4, -0.2) is 18.3 Å². The van der Waals surface area contributed by atoms with Gasteiger partial charge in [0.05, 0.1) is 22.6 Å². The minimum absolute atomic E-state index is 0.124. The third-order valence-corrected chi connectivity index (χ3v) is 6.54. The molecule has 0 saturated heterocycles. The summed E-state index contributed by atoms with van der Waals surface area (Å²) in [5.74, 6) is 0. The first kappa shape index (κ1) is 20.3. The van der Waals surface area contributed by atoms with Gasteiger partial charge in [-0.1, -0.05) is 30.3 Å². The normalized spacial score (nSPS) is 13.6. The smallest absolute Gasteiger partial charge is 0.337 e. The molecule has 5 aromatic rings. The minimum atomic E-state index is -0.428. The average molecular weight is 454 g/mol. The number of hydrogen-bond acceptors (Lipinski definition) is 4. The number of pyridine rings is 1. The topological polar surface area (TPSA) is 83.0 Å². The first-order valence-electron chi connectivity index (χ1n) is 11.2. The first-order chi connectivity index (χ1) is 16.5. The van der Waals surface area contributed by atoms with Crippen LogP contribution in [0, 0.1) is 0 Å². The summed E-state index contributed by atoms with van der Waals surface area (Å²) in [6, 6.07) is 18.3. The van der Waals surface area contributed by atoms with Crippen molar-refractivity contribution in [2.45, 2.75) is 18.9 Å². The van der Waals surface area contributed by atoms with Crippen LogP contribution < -0.4 is 22.1 Å². The van der Waals surface area contributed by atoms with E-state index in [9.17, 15) is 14.4 Å². The zero-order valence-electron chi connectivity index (χ0n) is 18.9. The molecule has 0 bridgehead atoms. The Labute approximate surface area is 193 Å². The molecule has 2 aromatic carbocycles. The van der Waals surface area contributed by atoms with E-state index in [1.807, 2.05) is 60.3 Å². The number of aromatic nitrogens is 4. The zero-order valence-corrected chi connectivity index (χ0v) is 18.9. The van der Waals surface area contributed by atoms with Gasteiger partial charge in [0.15, 0.2) is 0 Å². The lowest BCUT2D eigenvalue weighted by atomic mass is 10.2. The van der Waals surface area contributed by atoms with Crippen LogP contribution in [0.4, 0.5) is 11.4 Å². The summed E-state index contributed by atoms with van der Waals surface area (Å²) in [6.07, 6.45) is 3.53. The van der Waals surface area contributed by atoms with E-state index in [1.54, 1.807) is 19.2 Å². The molecule has 8 heteroatoms. The van der Waals surface area contributed by atoms with Crippen LogP contribution in [0.3, 0.4) is 0 Å². The molecule has 1 aliphatic carbocycles. The van der Waals surface area contributed by atoms with Gasteiger partial charge < -0.3 is 9.88 Å². The Morgan fingerprint density at radius 3 is 2.38 bits per heavy atom. The number of para-hydroxylation sites is 2. The molecule has 0 radical (unpaired) electrons. The Kier molecular flexibility index (Phi) is 4.38. The summed E-state index contributed by atoms with van der Waals surface area (Å²) in [7, 11) is 3.54. The van der Waals surface area contributed by atoms with Gasteiger partial charge in [-0.15, -0.1) is 0 Å². The van der Waals surface area contributed by atoms with Crippen molar-refractivity contribution < 1.29 is 0 Å². The van der Waals surface area contributed by atoms with Crippen molar-refractivity contribution in [1.82, 2.24) is 18.3 Å². The van der Waals surface area contributed by atoms with Crippen LogP contribution in [0.15, 0.2) is 81.2 Å². The van der Waals surface area contributed by atoms with Crippen LogP contribution in [-0.2, 0) is 14.1 Å². The number of anilines is 2. The highest BCUT2D eigenvalue weighted by atomic mass is 16.2. The highest BCUT2D eigenvalue weighted by Crippen LogP contribution is 2.34. The fourth-order valence-electron chi connectivity index (χ4n) is 4.73. The summed E-state index contributed by atoms with van der Waals surface area (Å²) in [5.41, 5.74) is 1.85. The second-order valence-corrected chi connectivity index (χ2v) is 8.81. The van der Waals surface area contributed by atoms with Crippen molar-refractivity contribution >= 4 is 33.3 Å². The van der Waals surface area contributed by atoms with Crippen molar-refractivity contribution in [3.63, 3.8) is 0 Å². The van der Waals surface area contributed by atoms with E-state index < -0.39 is 5.69 Å². The van der Waals surface area contributed by atoms with Crippen LogP contribution in [0.1, 0.15) is 18.9 Å². The van der Waals surface area contributed by atoms with Crippen LogP contribution in [0.2, 0.25) is 0 Å². The molecule has 34 heavy (non-hydrogen) atoms. The number of nitrogens with zero attached hydrogens (tertiary/aromatic N) is 4. The van der Waals surface area contributed by atoms with Crippen molar-refractivity contribution in [3.05, 3.63) is 98.1 Å². The van der Waals surface area contributed by atoms with Crippen LogP contribution in [0.5, 0.6) is 0 Å². The molecule has 0 aliphatic heterocycles. The molecular formula is C26H23N5O3. The molecule has 6 rings (SSSR count). The fraction of sp³-hybridized carbons (Fsp3) is 0.192. The van der Waals surface area contributed by atoms with Gasteiger partial charge in [0, 0.05) is 37.8 Å². The van der Waals surface area contributed by atoms with E-state index in [4.69, 9.17) is 0 Å². The van der Waals surface area contributed by atoms with Gasteiger partial charge in [-0.2, -0.15) is 0 Å². The molecule has 8 nitrogen and oxygen atoms in total. The molecule has 0 unspecified atom stereocenters. The molecule has 1 aliphatic rings. The van der Waals surface area contributed by atoms with Gasteiger partial charge >= 0.3 is 5.69 Å². The molecule has 170 valence electrons. The number of aryl methyl sites for hydroxylation is 2. The van der Waals surface area contributed by atoms with E-state index in [0.717, 1.165) is 29.4 Å². The summed E-state index contributed by atoms with van der Waals surface area (Å²) in [4.78, 5) is 40.4. The number of benzene rings is 2. The highest BCUT2D eigenvalue weighted by molar-refractivity contribution is 5.98. The maximum Gasteiger partial charge on any atom is 0.337 e. The van der Waals surface area contributed by atoms with Gasteiger partial charge in [-0.3, -0.25) is 18.7 Å². The number of rotatable bonds is 4. The number of hydrogen-bond donors (Lipinski definition) is 1. The monoisotopic (exact) mass is 453 g/mol. The summed E-state index contributed by atoms with van der Waals surface area (Å²) < 4.78 is 6.18. The molecular weight excluding hydrogens is 430 g/mol. The third-order valence-electron chi connectivity index (χ3n) is 6.54. The lowest BCUT2D eigenvalue weighted by Gasteiger charge is -2.19. The molecule has 0 amide bonds. The Hall–Kier alpha value is -4.33. The fourth-order valence-corrected chi connectivity index (χ4v) is 4.73. The Morgan fingerprint density at radius 2 is 1.65 bits per heavy atom. The lowest BCUT2D eigenvalue weighted by molar-refractivity contribution is 0.637. The van der Waals surface area contributed by atoms with Gasteiger partial charge in [0.2, 0.25) is 0 Å². The zero-order chi connectivity index (χ0) is 23.6. The predicted molar refractivity (Wildman–Crippen MR) is 134 cm³/mol. The van der Waals surface area contributed by atoms with Crippen LogP contribution >= 0.6 is 0 Å². The van der Waals surface area contributed by atoms with Crippen molar-refractivity contribution in [2.75, 3.05) is 5.32 Å². The molecule has 1 fully saturated rings. The average Bonchev–Trinajstić information content (AvgIpc) is 3.59. The Balaban J connectivity index is 1.73. The summed E-state index contributed by atoms with van der Waals surface area (Å²) >= 11 is 0. The molecule has 3 heterocycles.